The number of hydrazine groups is 1. The third kappa shape index (κ3) is 3.05. The number of nitrogens with two attached hydrogens (primary N) is 1. The van der Waals surface area contributed by atoms with E-state index >= 15 is 0 Å². The highest BCUT2D eigenvalue weighted by Crippen LogP contribution is 2.38. The number of alkyl halides is 3. The predicted molar refractivity (Wildman–Crippen MR) is 62.4 cm³/mol. The van der Waals surface area contributed by atoms with Crippen LogP contribution in [0.4, 0.5) is 17.6 Å². The van der Waals surface area contributed by atoms with Crippen LogP contribution in [-0.4, -0.2) is 18.8 Å². The molecular weight excluding hydrogens is 262 g/mol. The van der Waals surface area contributed by atoms with Gasteiger partial charge in [0.1, 0.15) is 11.9 Å². The van der Waals surface area contributed by atoms with Crippen molar-refractivity contribution < 1.29 is 17.6 Å². The zero-order valence-electron chi connectivity index (χ0n) is 10.0. The molecule has 1 saturated heterocycles. The Bertz CT molecular complexity index is 418. The summed E-state index contributed by atoms with van der Waals surface area (Å²) in [5.74, 6) is -1.13. The van der Waals surface area contributed by atoms with Crippen LogP contribution in [0.1, 0.15) is 18.0 Å². The van der Waals surface area contributed by atoms with Gasteiger partial charge in [-0.25, -0.2) is 15.2 Å². The van der Waals surface area contributed by atoms with Crippen molar-refractivity contribution in [2.24, 2.45) is 11.7 Å². The molecule has 1 aromatic rings. The van der Waals surface area contributed by atoms with Gasteiger partial charge in [0.2, 0.25) is 0 Å². The van der Waals surface area contributed by atoms with E-state index < -0.39 is 30.0 Å². The fourth-order valence-corrected chi connectivity index (χ4v) is 2.44. The second-order valence-corrected chi connectivity index (χ2v) is 4.58. The summed E-state index contributed by atoms with van der Waals surface area (Å²) in [7, 11) is 0. The van der Waals surface area contributed by atoms with Crippen LogP contribution >= 0.6 is 0 Å². The lowest BCUT2D eigenvalue weighted by molar-refractivity contribution is -0.162. The largest absolute Gasteiger partial charge is 0.405 e. The summed E-state index contributed by atoms with van der Waals surface area (Å²) in [5.41, 5.74) is 10.9. The summed E-state index contributed by atoms with van der Waals surface area (Å²) in [6, 6.07) is 3.25. The molecule has 0 spiro atoms. The minimum absolute atomic E-state index is 0.165. The van der Waals surface area contributed by atoms with Crippen molar-refractivity contribution in [2.45, 2.75) is 24.7 Å². The Balaban J connectivity index is 2.23. The van der Waals surface area contributed by atoms with Gasteiger partial charge in [0.15, 0.2) is 0 Å². The summed E-state index contributed by atoms with van der Waals surface area (Å²) in [4.78, 5) is 0. The molecule has 1 heterocycles. The lowest BCUT2D eigenvalue weighted by Gasteiger charge is -2.24. The summed E-state index contributed by atoms with van der Waals surface area (Å²) in [6.07, 6.45) is -4.12. The van der Waals surface area contributed by atoms with Crippen molar-refractivity contribution >= 4 is 0 Å². The molecule has 0 saturated carbocycles. The maximum atomic E-state index is 12.9. The van der Waals surface area contributed by atoms with Gasteiger partial charge in [-0.1, -0.05) is 12.1 Å². The second-order valence-electron chi connectivity index (χ2n) is 4.58. The van der Waals surface area contributed by atoms with E-state index in [1.807, 2.05) is 0 Å². The molecule has 19 heavy (non-hydrogen) atoms. The molecule has 7 heteroatoms. The summed E-state index contributed by atoms with van der Waals surface area (Å²) in [5, 5.41) is 0. The molecule has 1 aliphatic heterocycles. The standard InChI is InChI=1S/C12H15F4N3/c13-8-3-1-7(2-4-8)10-9(5-6-17)11(19-18-10)12(14,15)16/h1-4,9-11,18-19H,5-6,17H2. The monoisotopic (exact) mass is 277 g/mol. The Morgan fingerprint density at radius 1 is 1.11 bits per heavy atom. The fourth-order valence-electron chi connectivity index (χ4n) is 2.44. The van der Waals surface area contributed by atoms with E-state index in [2.05, 4.69) is 10.9 Å². The molecule has 0 aromatic heterocycles. The number of hydrogen-bond donors (Lipinski definition) is 3. The second kappa shape index (κ2) is 5.44. The van der Waals surface area contributed by atoms with Crippen molar-refractivity contribution in [1.29, 1.82) is 0 Å². The van der Waals surface area contributed by atoms with E-state index in [0.717, 1.165) is 0 Å². The zero-order chi connectivity index (χ0) is 14.0. The number of halogens is 4. The normalized spacial score (nSPS) is 27.7. The summed E-state index contributed by atoms with van der Waals surface area (Å²) >= 11 is 0. The smallest absolute Gasteiger partial charge is 0.330 e. The van der Waals surface area contributed by atoms with Crippen molar-refractivity contribution in [1.82, 2.24) is 10.9 Å². The van der Waals surface area contributed by atoms with Gasteiger partial charge in [-0.15, -0.1) is 0 Å². The molecule has 0 aliphatic carbocycles. The van der Waals surface area contributed by atoms with Gasteiger partial charge in [0.25, 0.3) is 0 Å². The van der Waals surface area contributed by atoms with E-state index in [9.17, 15) is 17.6 Å². The van der Waals surface area contributed by atoms with Crippen LogP contribution in [-0.2, 0) is 0 Å². The predicted octanol–water partition coefficient (Wildman–Crippen LogP) is 1.87. The van der Waals surface area contributed by atoms with Crippen LogP contribution in [0, 0.1) is 11.7 Å². The zero-order valence-corrected chi connectivity index (χ0v) is 10.0. The molecule has 1 aliphatic rings. The van der Waals surface area contributed by atoms with Crippen LogP contribution in [0.2, 0.25) is 0 Å². The number of benzene rings is 1. The maximum Gasteiger partial charge on any atom is 0.405 e. The van der Waals surface area contributed by atoms with Crippen molar-refractivity contribution in [3.05, 3.63) is 35.6 Å². The Labute approximate surface area is 108 Å². The first-order valence-electron chi connectivity index (χ1n) is 5.97. The Hall–Kier alpha value is -1.18. The average molecular weight is 277 g/mol. The molecule has 3 unspecified atom stereocenters. The number of rotatable bonds is 3. The summed E-state index contributed by atoms with van der Waals surface area (Å²) in [6.45, 7) is 0.165. The van der Waals surface area contributed by atoms with Gasteiger partial charge in [-0.05, 0) is 30.7 Å². The molecule has 4 N–H and O–H groups in total. The molecule has 3 atom stereocenters. The van der Waals surface area contributed by atoms with E-state index in [-0.39, 0.29) is 13.0 Å². The Kier molecular flexibility index (Phi) is 4.07. The number of hydrogen-bond acceptors (Lipinski definition) is 3. The third-order valence-electron chi connectivity index (χ3n) is 3.33. The van der Waals surface area contributed by atoms with Gasteiger partial charge in [-0.3, -0.25) is 0 Å². The lowest BCUT2D eigenvalue weighted by atomic mass is 9.86. The van der Waals surface area contributed by atoms with E-state index in [1.165, 1.54) is 24.3 Å². The molecular formula is C12H15F4N3. The molecule has 3 nitrogen and oxygen atoms in total. The van der Waals surface area contributed by atoms with Crippen molar-refractivity contribution in [2.75, 3.05) is 6.54 Å². The highest BCUT2D eigenvalue weighted by Gasteiger charge is 2.50. The Morgan fingerprint density at radius 2 is 1.74 bits per heavy atom. The first-order chi connectivity index (χ1) is 8.93. The first kappa shape index (κ1) is 14.2. The van der Waals surface area contributed by atoms with Gasteiger partial charge >= 0.3 is 6.18 Å². The molecule has 0 bridgehead atoms. The van der Waals surface area contributed by atoms with E-state index in [1.54, 1.807) is 0 Å². The highest BCUT2D eigenvalue weighted by molar-refractivity contribution is 5.22. The molecule has 1 fully saturated rings. The fraction of sp³-hybridized carbons (Fsp3) is 0.500. The molecule has 1 aromatic carbocycles. The minimum Gasteiger partial charge on any atom is -0.330 e. The van der Waals surface area contributed by atoms with Crippen LogP contribution < -0.4 is 16.6 Å². The molecule has 2 rings (SSSR count). The first-order valence-corrected chi connectivity index (χ1v) is 5.97. The lowest BCUT2D eigenvalue weighted by Crippen LogP contribution is -2.44. The topological polar surface area (TPSA) is 50.1 Å². The average Bonchev–Trinajstić information content (AvgIpc) is 2.74. The molecule has 0 amide bonds. The Morgan fingerprint density at radius 3 is 2.26 bits per heavy atom. The quantitative estimate of drug-likeness (QED) is 0.739. The highest BCUT2D eigenvalue weighted by atomic mass is 19.4. The molecule has 106 valence electrons. The van der Waals surface area contributed by atoms with E-state index in [4.69, 9.17) is 5.73 Å². The van der Waals surface area contributed by atoms with Crippen molar-refractivity contribution in [3.63, 3.8) is 0 Å². The number of nitrogens with one attached hydrogen (secondary N) is 2. The van der Waals surface area contributed by atoms with Gasteiger partial charge < -0.3 is 5.73 Å². The van der Waals surface area contributed by atoms with Gasteiger partial charge in [0, 0.05) is 5.92 Å². The van der Waals surface area contributed by atoms with E-state index in [0.29, 0.717) is 5.56 Å². The van der Waals surface area contributed by atoms with Crippen molar-refractivity contribution in [3.8, 4) is 0 Å². The summed E-state index contributed by atoms with van der Waals surface area (Å²) < 4.78 is 51.5. The van der Waals surface area contributed by atoms with Gasteiger partial charge in [-0.2, -0.15) is 13.2 Å². The van der Waals surface area contributed by atoms with Crippen LogP contribution in [0.3, 0.4) is 0 Å². The third-order valence-corrected chi connectivity index (χ3v) is 3.33. The SMILES string of the molecule is NCCC1C(c2ccc(F)cc2)NNC1C(F)(F)F. The minimum atomic E-state index is -4.35. The van der Waals surface area contributed by atoms with Crippen LogP contribution in [0.5, 0.6) is 0 Å². The maximum absolute atomic E-state index is 12.9. The van der Waals surface area contributed by atoms with Crippen LogP contribution in [0.25, 0.3) is 0 Å². The molecule has 0 radical (unpaired) electrons. The van der Waals surface area contributed by atoms with Crippen LogP contribution in [0.15, 0.2) is 24.3 Å². The van der Waals surface area contributed by atoms with Gasteiger partial charge in [0.05, 0.1) is 6.04 Å².